The number of likely N-dealkylation sites (N-methyl/N-ethyl adjacent to an activating group) is 1. The average molecular weight is 545 g/mol. The summed E-state index contributed by atoms with van der Waals surface area (Å²) in [6.07, 6.45) is -0.404. The second-order valence-electron chi connectivity index (χ2n) is 8.70. The van der Waals surface area contributed by atoms with E-state index >= 15 is 0 Å². The zero-order chi connectivity index (χ0) is 26.7. The van der Waals surface area contributed by atoms with Gasteiger partial charge in [-0.25, -0.2) is 0 Å². The van der Waals surface area contributed by atoms with Crippen LogP contribution in [0.3, 0.4) is 0 Å². The Kier molecular flexibility index (Phi) is 8.00. The fraction of sp³-hybridized carbons (Fsp3) is 0.259. The van der Waals surface area contributed by atoms with Crippen LogP contribution in [0.4, 0.5) is 11.4 Å². The molecule has 4 rings (SSSR count). The second-order valence-corrected chi connectivity index (χ2v) is 9.52. The van der Waals surface area contributed by atoms with Gasteiger partial charge < -0.3 is 29.5 Å². The maximum absolute atomic E-state index is 12.9. The Bertz CT molecular complexity index is 1350. The first kappa shape index (κ1) is 26.4. The number of ether oxygens (including phenoxy) is 3. The molecule has 1 atom stereocenters. The van der Waals surface area contributed by atoms with Crippen LogP contribution in [0.1, 0.15) is 21.5 Å². The van der Waals surface area contributed by atoms with Gasteiger partial charge in [-0.2, -0.15) is 0 Å². The Labute approximate surface area is 224 Å². The maximum atomic E-state index is 12.9. The van der Waals surface area contributed by atoms with E-state index < -0.39 is 11.9 Å². The van der Waals surface area contributed by atoms with Gasteiger partial charge in [-0.15, -0.1) is 0 Å². The van der Waals surface area contributed by atoms with Crippen LogP contribution in [0.25, 0.3) is 0 Å². The predicted octanol–water partition coefficient (Wildman–Crippen LogP) is 5.47. The molecular formula is C27H26Cl2N2O6. The summed E-state index contributed by atoms with van der Waals surface area (Å²) >= 11 is 12.6. The number of hydrogen-bond donors (Lipinski definition) is 2. The fourth-order valence-electron chi connectivity index (χ4n) is 4.05. The number of anilines is 2. The highest BCUT2D eigenvalue weighted by molar-refractivity contribution is 6.36. The predicted molar refractivity (Wildman–Crippen MR) is 143 cm³/mol. The number of carboxylic acids is 1. The van der Waals surface area contributed by atoms with E-state index in [1.165, 1.54) is 6.07 Å². The molecule has 1 aliphatic rings. The van der Waals surface area contributed by atoms with E-state index in [0.717, 1.165) is 22.7 Å². The van der Waals surface area contributed by atoms with Crippen LogP contribution in [-0.4, -0.2) is 50.4 Å². The van der Waals surface area contributed by atoms with Gasteiger partial charge in [0.15, 0.2) is 0 Å². The lowest BCUT2D eigenvalue weighted by atomic mass is 10.1. The molecular weight excluding hydrogens is 519 g/mol. The highest BCUT2D eigenvalue weighted by atomic mass is 35.5. The monoisotopic (exact) mass is 544 g/mol. The quantitative estimate of drug-likeness (QED) is 0.388. The molecule has 0 saturated heterocycles. The van der Waals surface area contributed by atoms with Crippen molar-refractivity contribution in [1.29, 1.82) is 0 Å². The number of nitrogens with one attached hydrogen (secondary N) is 1. The molecule has 8 nitrogen and oxygen atoms in total. The summed E-state index contributed by atoms with van der Waals surface area (Å²) in [4.78, 5) is 26.0. The van der Waals surface area contributed by atoms with Crippen LogP contribution in [0.5, 0.6) is 17.2 Å². The molecule has 0 radical (unpaired) electrons. The Morgan fingerprint density at radius 3 is 2.65 bits per heavy atom. The Hall–Kier alpha value is -3.62. The number of amides is 1. The fourth-order valence-corrected chi connectivity index (χ4v) is 4.45. The minimum absolute atomic E-state index is 0.188. The van der Waals surface area contributed by atoms with Gasteiger partial charge >= 0.3 is 5.97 Å². The highest BCUT2D eigenvalue weighted by Gasteiger charge is 2.25. The molecule has 1 heterocycles. The van der Waals surface area contributed by atoms with Gasteiger partial charge in [0, 0.05) is 13.1 Å². The number of halogens is 2. The number of carbonyl (C=O) groups is 2. The average Bonchev–Trinajstić information content (AvgIpc) is 2.85. The zero-order valence-electron chi connectivity index (χ0n) is 20.5. The van der Waals surface area contributed by atoms with Crippen LogP contribution >= 0.6 is 23.2 Å². The normalized spacial score (nSPS) is 14.4. The minimum atomic E-state index is -0.983. The summed E-state index contributed by atoms with van der Waals surface area (Å²) in [6, 6.07) is 13.5. The molecule has 37 heavy (non-hydrogen) atoms. The third-order valence-electron chi connectivity index (χ3n) is 5.92. The minimum Gasteiger partial charge on any atom is -0.497 e. The molecule has 3 aromatic carbocycles. The number of aryl methyl sites for hydroxylation is 1. The van der Waals surface area contributed by atoms with E-state index in [1.807, 2.05) is 32.2 Å². The number of carbonyl (C=O) groups excluding carboxylic acids is 1. The number of hydrogen-bond acceptors (Lipinski definition) is 6. The zero-order valence-corrected chi connectivity index (χ0v) is 22.0. The van der Waals surface area contributed by atoms with Crippen molar-refractivity contribution in [3.8, 4) is 17.2 Å². The molecule has 3 aromatic rings. The number of methoxy groups -OCH3 is 1. The van der Waals surface area contributed by atoms with Gasteiger partial charge in [-0.3, -0.25) is 9.59 Å². The summed E-state index contributed by atoms with van der Waals surface area (Å²) in [5, 5.41) is 12.2. The van der Waals surface area contributed by atoms with Gasteiger partial charge in [0.2, 0.25) is 0 Å². The van der Waals surface area contributed by atoms with Crippen molar-refractivity contribution in [2.24, 2.45) is 0 Å². The number of carboxylic acid groups (broad SMARTS) is 1. The molecule has 194 valence electrons. The van der Waals surface area contributed by atoms with E-state index in [9.17, 15) is 9.59 Å². The van der Waals surface area contributed by atoms with Crippen molar-refractivity contribution in [3.63, 3.8) is 0 Å². The van der Waals surface area contributed by atoms with Gasteiger partial charge in [-0.1, -0.05) is 29.3 Å². The van der Waals surface area contributed by atoms with E-state index in [2.05, 4.69) is 10.2 Å². The maximum Gasteiger partial charge on any atom is 0.307 e. The first-order valence-corrected chi connectivity index (χ1v) is 12.2. The number of fused-ring (bicyclic) bond motifs is 1. The van der Waals surface area contributed by atoms with Crippen LogP contribution in [0, 0.1) is 6.92 Å². The van der Waals surface area contributed by atoms with Gasteiger partial charge in [0.25, 0.3) is 5.91 Å². The topological polar surface area (TPSA) is 97.3 Å². The third-order valence-corrected chi connectivity index (χ3v) is 6.56. The van der Waals surface area contributed by atoms with Crippen LogP contribution < -0.4 is 24.4 Å². The molecule has 1 amide bonds. The van der Waals surface area contributed by atoms with E-state index in [1.54, 1.807) is 31.4 Å². The largest absolute Gasteiger partial charge is 0.497 e. The molecule has 1 aliphatic heterocycles. The Morgan fingerprint density at radius 2 is 1.92 bits per heavy atom. The molecule has 0 aliphatic carbocycles. The molecule has 0 saturated carbocycles. The lowest BCUT2D eigenvalue weighted by Gasteiger charge is -2.34. The molecule has 0 aromatic heterocycles. The van der Waals surface area contributed by atoms with Crippen molar-refractivity contribution in [2.75, 3.05) is 37.5 Å². The summed E-state index contributed by atoms with van der Waals surface area (Å²) in [7, 11) is 3.60. The number of aliphatic carboxylic acids is 1. The summed E-state index contributed by atoms with van der Waals surface area (Å²) < 4.78 is 17.4. The summed E-state index contributed by atoms with van der Waals surface area (Å²) in [6.45, 7) is 2.72. The molecule has 0 spiro atoms. The number of benzene rings is 3. The van der Waals surface area contributed by atoms with Gasteiger partial charge in [0.05, 0.1) is 47.1 Å². The Balaban J connectivity index is 1.44. The van der Waals surface area contributed by atoms with Crippen molar-refractivity contribution in [1.82, 2.24) is 0 Å². The molecule has 0 bridgehead atoms. The first-order valence-electron chi connectivity index (χ1n) is 11.4. The first-order chi connectivity index (χ1) is 17.6. The van der Waals surface area contributed by atoms with E-state index in [-0.39, 0.29) is 34.7 Å². The molecule has 10 heteroatoms. The highest BCUT2D eigenvalue weighted by Crippen LogP contribution is 2.36. The van der Waals surface area contributed by atoms with Gasteiger partial charge in [0.1, 0.15) is 30.0 Å². The van der Waals surface area contributed by atoms with Crippen molar-refractivity contribution in [2.45, 2.75) is 19.4 Å². The smallest absolute Gasteiger partial charge is 0.307 e. The lowest BCUT2D eigenvalue weighted by molar-refractivity contribution is -0.136. The summed E-state index contributed by atoms with van der Waals surface area (Å²) in [5.41, 5.74) is 2.71. The number of nitrogens with zero attached hydrogens (tertiary/aromatic N) is 1. The van der Waals surface area contributed by atoms with Crippen molar-refractivity contribution < 1.29 is 28.9 Å². The van der Waals surface area contributed by atoms with Gasteiger partial charge in [-0.05, 0) is 54.4 Å². The molecule has 0 fully saturated rings. The second kappa shape index (κ2) is 11.2. The van der Waals surface area contributed by atoms with Crippen molar-refractivity contribution >= 4 is 46.5 Å². The van der Waals surface area contributed by atoms with E-state index in [0.29, 0.717) is 23.5 Å². The summed E-state index contributed by atoms with van der Waals surface area (Å²) in [5.74, 6) is 0.584. The lowest BCUT2D eigenvalue weighted by Crippen LogP contribution is -2.41. The number of rotatable bonds is 8. The van der Waals surface area contributed by atoms with Crippen LogP contribution in [0.2, 0.25) is 10.0 Å². The third kappa shape index (κ3) is 6.21. The Morgan fingerprint density at radius 1 is 1.14 bits per heavy atom. The SMILES string of the molecule is COc1ccc2c(c1)N(C)C[C@@H](COc1cc(Cl)c(C(=O)Nc3cc(CC(=O)O)ccc3Cl)cc1C)O2. The molecule has 2 N–H and O–H groups in total. The van der Waals surface area contributed by atoms with Crippen LogP contribution in [-0.2, 0) is 11.2 Å². The molecule has 0 unspecified atom stereocenters. The van der Waals surface area contributed by atoms with E-state index in [4.69, 9.17) is 42.5 Å². The standard InChI is InChI=1S/C27H26Cl2N2O6/c1-15-8-19(27(34)30-22-9-16(10-26(32)33)4-6-20(22)28)21(29)12-25(15)36-14-18-13-31(2)23-11-17(35-3)5-7-24(23)37-18/h4-9,11-12,18H,10,13-14H2,1-3H3,(H,30,34)(H,32,33)/t18-/m0/s1. The van der Waals surface area contributed by atoms with Crippen molar-refractivity contribution in [3.05, 3.63) is 75.3 Å². The van der Waals surface area contributed by atoms with Crippen LogP contribution in [0.15, 0.2) is 48.5 Å².